The number of hydrogen-bond donors (Lipinski definition) is 1. The molecular weight excluding hydrogens is 656 g/mol. The van der Waals surface area contributed by atoms with Gasteiger partial charge in [0.25, 0.3) is 0 Å². The topological polar surface area (TPSA) is 113 Å². The van der Waals surface area contributed by atoms with Crippen LogP contribution in [0.2, 0.25) is 5.02 Å². The fourth-order valence-electron chi connectivity index (χ4n) is 8.87. The van der Waals surface area contributed by atoms with Crippen LogP contribution in [0.5, 0.6) is 17.2 Å². The Labute approximate surface area is 296 Å². The predicted octanol–water partition coefficient (Wildman–Crippen LogP) is 6.57. The molecule has 4 amide bonds. The molecule has 2 saturated heterocycles. The Morgan fingerprint density at radius 1 is 0.880 bits per heavy atom. The van der Waals surface area contributed by atoms with E-state index in [0.29, 0.717) is 28.3 Å². The molecule has 3 aromatic rings. The lowest BCUT2D eigenvalue weighted by Crippen LogP contribution is -2.54. The standard InChI is InChI=1S/C40H39ClN2O7/c1-39(2,3)43-35(45)27-16-15-26-28(33(27)37(43)47)21-30-36(46)42(25-13-9-12-24(41)20-25)38(48)40(30,23-10-7-6-8-11-23)29(26)17-14-22-18-31(49-4)34(44)32(19-22)50-5/h6-15,17-20,27-30,33,44H,16,21H2,1-5H3/t27-,28+,29-,30-,33-,40-/m0/s1. The van der Waals surface area contributed by atoms with Crippen LogP contribution in [-0.4, -0.2) is 53.4 Å². The van der Waals surface area contributed by atoms with Crippen molar-refractivity contribution in [2.75, 3.05) is 19.1 Å². The Kier molecular flexibility index (Phi) is 8.17. The molecule has 0 spiro atoms. The van der Waals surface area contributed by atoms with Crippen molar-refractivity contribution < 1.29 is 33.8 Å². The zero-order valence-electron chi connectivity index (χ0n) is 28.6. The normalized spacial score (nSPS) is 27.7. The number of allylic oxidation sites excluding steroid dienone is 3. The quantitative estimate of drug-likeness (QED) is 0.229. The van der Waals surface area contributed by atoms with Crippen molar-refractivity contribution in [1.82, 2.24) is 4.90 Å². The SMILES string of the molecule is COc1cc(C=C[C@H]2C3=CC[C@@H]4C(=O)N(C(C)(C)C)C(=O)[C@@H]4[C@@H]3C[C@H]3C(=O)N(c4cccc(Cl)c4)C(=O)[C@@]23c2ccccc2)cc(OC)c1O. The molecule has 10 heteroatoms. The maximum Gasteiger partial charge on any atom is 0.246 e. The molecule has 3 aromatic carbocycles. The molecular formula is C40H39ClN2O7. The second kappa shape index (κ2) is 12.2. The van der Waals surface area contributed by atoms with Crippen molar-refractivity contribution >= 4 is 47.0 Å². The lowest BCUT2D eigenvalue weighted by Gasteiger charge is -2.49. The fourth-order valence-corrected chi connectivity index (χ4v) is 9.05. The van der Waals surface area contributed by atoms with Crippen LogP contribution >= 0.6 is 11.6 Å². The number of rotatable bonds is 6. The highest BCUT2D eigenvalue weighted by atomic mass is 35.5. The van der Waals surface area contributed by atoms with Gasteiger partial charge in [0.1, 0.15) is 0 Å². The third-order valence-corrected chi connectivity index (χ3v) is 11.1. The first-order valence-electron chi connectivity index (χ1n) is 16.7. The summed E-state index contributed by atoms with van der Waals surface area (Å²) in [5.41, 5.74) is 0.428. The first kappa shape index (κ1) is 33.6. The Balaban J connectivity index is 1.46. The number of nitrogens with zero attached hydrogens (tertiary/aromatic N) is 2. The zero-order valence-corrected chi connectivity index (χ0v) is 29.3. The number of methoxy groups -OCH3 is 2. The summed E-state index contributed by atoms with van der Waals surface area (Å²) in [5, 5.41) is 11.0. The number of halogens is 1. The summed E-state index contributed by atoms with van der Waals surface area (Å²) in [4.78, 5) is 60.7. The van der Waals surface area contributed by atoms with E-state index in [-0.39, 0.29) is 47.3 Å². The number of phenols is 1. The Morgan fingerprint density at radius 3 is 2.18 bits per heavy atom. The third kappa shape index (κ3) is 4.88. The van der Waals surface area contributed by atoms with Crippen LogP contribution in [0.25, 0.3) is 6.08 Å². The lowest BCUT2D eigenvalue weighted by atomic mass is 9.50. The van der Waals surface area contributed by atoms with Crippen LogP contribution in [0.4, 0.5) is 5.69 Å². The Bertz CT molecular complexity index is 1960. The molecule has 2 aliphatic carbocycles. The molecule has 0 bridgehead atoms. The molecule has 2 heterocycles. The van der Waals surface area contributed by atoms with Crippen molar-refractivity contribution in [2.45, 2.75) is 44.6 Å². The molecule has 6 atom stereocenters. The van der Waals surface area contributed by atoms with E-state index < -0.39 is 40.5 Å². The monoisotopic (exact) mass is 694 g/mol. The fraction of sp³-hybridized carbons (Fsp3) is 0.350. The average molecular weight is 695 g/mol. The molecule has 258 valence electrons. The minimum atomic E-state index is -1.38. The molecule has 9 nitrogen and oxygen atoms in total. The van der Waals surface area contributed by atoms with Gasteiger partial charge in [-0.05, 0) is 81.0 Å². The Hall–Kier alpha value is -4.89. The number of carbonyl (C=O) groups excluding carboxylic acids is 4. The van der Waals surface area contributed by atoms with E-state index in [1.807, 2.05) is 69.3 Å². The van der Waals surface area contributed by atoms with Crippen molar-refractivity contribution in [3.05, 3.63) is 101 Å². The number of benzene rings is 3. The number of amides is 4. The van der Waals surface area contributed by atoms with Crippen LogP contribution in [0, 0.1) is 29.6 Å². The third-order valence-electron chi connectivity index (χ3n) is 10.9. The molecule has 1 saturated carbocycles. The lowest BCUT2D eigenvalue weighted by molar-refractivity contribution is -0.145. The number of aromatic hydroxyl groups is 1. The van der Waals surface area contributed by atoms with Gasteiger partial charge in [-0.1, -0.05) is 71.8 Å². The molecule has 2 aliphatic heterocycles. The summed E-state index contributed by atoms with van der Waals surface area (Å²) < 4.78 is 10.8. The molecule has 7 rings (SSSR count). The highest BCUT2D eigenvalue weighted by Gasteiger charge is 2.69. The minimum Gasteiger partial charge on any atom is -0.502 e. The molecule has 0 aromatic heterocycles. The van der Waals surface area contributed by atoms with E-state index in [0.717, 1.165) is 5.57 Å². The van der Waals surface area contributed by atoms with Crippen LogP contribution in [0.3, 0.4) is 0 Å². The van der Waals surface area contributed by atoms with E-state index in [2.05, 4.69) is 0 Å². The second-order valence-corrected chi connectivity index (χ2v) is 14.9. The van der Waals surface area contributed by atoms with E-state index in [9.17, 15) is 19.5 Å². The van der Waals surface area contributed by atoms with Crippen molar-refractivity contribution in [3.63, 3.8) is 0 Å². The van der Waals surface area contributed by atoms with Gasteiger partial charge >= 0.3 is 0 Å². The summed E-state index contributed by atoms with van der Waals surface area (Å²) in [6.45, 7) is 5.55. The van der Waals surface area contributed by atoms with Crippen LogP contribution < -0.4 is 14.4 Å². The number of fused-ring (bicyclic) bond motifs is 4. The summed E-state index contributed by atoms with van der Waals surface area (Å²) in [6, 6.07) is 19.3. The van der Waals surface area contributed by atoms with Crippen LogP contribution in [-0.2, 0) is 24.6 Å². The van der Waals surface area contributed by atoms with Gasteiger partial charge in [-0.3, -0.25) is 24.1 Å². The minimum absolute atomic E-state index is 0.145. The summed E-state index contributed by atoms with van der Waals surface area (Å²) >= 11 is 6.39. The number of phenolic OH excluding ortho intramolecular Hbond substituents is 1. The maximum atomic E-state index is 15.3. The molecule has 0 radical (unpaired) electrons. The first-order valence-corrected chi connectivity index (χ1v) is 17.1. The van der Waals surface area contributed by atoms with E-state index in [1.54, 1.807) is 36.4 Å². The molecule has 0 unspecified atom stereocenters. The number of hydrogen-bond acceptors (Lipinski definition) is 7. The van der Waals surface area contributed by atoms with E-state index in [1.165, 1.54) is 24.0 Å². The maximum absolute atomic E-state index is 15.3. The number of ether oxygens (including phenoxy) is 2. The average Bonchev–Trinajstić information content (AvgIpc) is 3.49. The van der Waals surface area contributed by atoms with Gasteiger partial charge in [-0.15, -0.1) is 0 Å². The van der Waals surface area contributed by atoms with E-state index in [4.69, 9.17) is 21.1 Å². The van der Waals surface area contributed by atoms with Gasteiger partial charge in [-0.2, -0.15) is 0 Å². The summed E-state index contributed by atoms with van der Waals surface area (Å²) in [7, 11) is 2.89. The van der Waals surface area contributed by atoms with Gasteiger partial charge in [0.05, 0.1) is 43.1 Å². The molecule has 4 aliphatic rings. The predicted molar refractivity (Wildman–Crippen MR) is 189 cm³/mol. The number of carbonyl (C=O) groups is 4. The van der Waals surface area contributed by atoms with E-state index >= 15 is 4.79 Å². The van der Waals surface area contributed by atoms with Crippen LogP contribution in [0.1, 0.15) is 44.7 Å². The highest BCUT2D eigenvalue weighted by molar-refractivity contribution is 6.32. The summed E-state index contributed by atoms with van der Waals surface area (Å²) in [5.74, 6) is -4.16. The smallest absolute Gasteiger partial charge is 0.246 e. The molecule has 3 fully saturated rings. The first-order chi connectivity index (χ1) is 23.8. The van der Waals surface area contributed by atoms with Crippen molar-refractivity contribution in [3.8, 4) is 17.2 Å². The van der Waals surface area contributed by atoms with Crippen molar-refractivity contribution in [2.24, 2.45) is 29.6 Å². The molecule has 1 N–H and O–H groups in total. The van der Waals surface area contributed by atoms with Gasteiger partial charge in [-0.25, -0.2) is 4.90 Å². The van der Waals surface area contributed by atoms with Crippen LogP contribution in [0.15, 0.2) is 84.5 Å². The Morgan fingerprint density at radius 2 is 1.56 bits per heavy atom. The van der Waals surface area contributed by atoms with Gasteiger partial charge in [0, 0.05) is 16.5 Å². The van der Waals surface area contributed by atoms with Crippen molar-refractivity contribution in [1.29, 1.82) is 0 Å². The number of anilines is 1. The van der Waals surface area contributed by atoms with Gasteiger partial charge in [0.2, 0.25) is 29.4 Å². The highest BCUT2D eigenvalue weighted by Crippen LogP contribution is 2.62. The number of likely N-dealkylation sites (tertiary alicyclic amines) is 1. The second-order valence-electron chi connectivity index (χ2n) is 14.5. The molecule has 50 heavy (non-hydrogen) atoms. The number of imide groups is 2. The summed E-state index contributed by atoms with van der Waals surface area (Å²) in [6.07, 6.45) is 6.32. The van der Waals surface area contributed by atoms with Gasteiger partial charge in [0.15, 0.2) is 11.5 Å². The largest absolute Gasteiger partial charge is 0.502 e. The zero-order chi connectivity index (χ0) is 35.7. The van der Waals surface area contributed by atoms with Gasteiger partial charge < -0.3 is 14.6 Å².